The van der Waals surface area contributed by atoms with Crippen molar-refractivity contribution in [2.24, 2.45) is 11.3 Å². The quantitative estimate of drug-likeness (QED) is 0.858. The first-order chi connectivity index (χ1) is 13.7. The topological polar surface area (TPSA) is 48.4 Å². The van der Waals surface area contributed by atoms with Crippen LogP contribution in [0.1, 0.15) is 44.2 Å². The van der Waals surface area contributed by atoms with Gasteiger partial charge in [0.05, 0.1) is 11.6 Å². The van der Waals surface area contributed by atoms with Crippen molar-refractivity contribution in [2.75, 3.05) is 26.2 Å². The Balaban J connectivity index is 1.20. The summed E-state index contributed by atoms with van der Waals surface area (Å²) in [5.74, 6) is 0.309. The summed E-state index contributed by atoms with van der Waals surface area (Å²) in [5, 5.41) is 15.4. The molecule has 3 heterocycles. The Bertz CT molecular complexity index is 806. The van der Waals surface area contributed by atoms with Crippen LogP contribution in [0, 0.1) is 11.3 Å². The van der Waals surface area contributed by atoms with E-state index >= 15 is 0 Å². The Labute approximate surface area is 168 Å². The van der Waals surface area contributed by atoms with Crippen LogP contribution in [-0.2, 0) is 6.42 Å². The van der Waals surface area contributed by atoms with Crippen LogP contribution in [0.4, 0.5) is 0 Å². The van der Waals surface area contributed by atoms with Crippen LogP contribution in [-0.4, -0.2) is 53.3 Å². The van der Waals surface area contributed by atoms with E-state index in [4.69, 9.17) is 4.98 Å². The number of pyridine rings is 1. The standard InChI is InChI=1S/C24H33N3O/c28-23-17-27(21-7-9-24(10-8-21)11-13-25-14-12-24)16-19(23)15-20-6-5-18-3-1-2-4-22(18)26-20/h1-6,19,21,23,25,28H,7-17H2/t19-,23-/m1/s1. The molecule has 3 fully saturated rings. The third-order valence-corrected chi connectivity index (χ3v) is 7.76. The zero-order valence-corrected chi connectivity index (χ0v) is 16.8. The molecule has 5 rings (SSSR count). The molecule has 1 saturated carbocycles. The number of likely N-dealkylation sites (tertiary alicyclic amines) is 1. The summed E-state index contributed by atoms with van der Waals surface area (Å²) in [4.78, 5) is 7.42. The van der Waals surface area contributed by atoms with Crippen molar-refractivity contribution in [1.29, 1.82) is 0 Å². The van der Waals surface area contributed by atoms with E-state index in [0.717, 1.165) is 30.7 Å². The van der Waals surface area contributed by atoms with Gasteiger partial charge in [0.15, 0.2) is 0 Å². The van der Waals surface area contributed by atoms with Gasteiger partial charge in [-0.3, -0.25) is 9.88 Å². The fourth-order valence-electron chi connectivity index (χ4n) is 5.91. The molecule has 1 aromatic carbocycles. The fourth-order valence-corrected chi connectivity index (χ4v) is 5.91. The highest BCUT2D eigenvalue weighted by atomic mass is 16.3. The van der Waals surface area contributed by atoms with Gasteiger partial charge >= 0.3 is 0 Å². The predicted molar refractivity (Wildman–Crippen MR) is 113 cm³/mol. The summed E-state index contributed by atoms with van der Waals surface area (Å²) in [7, 11) is 0. The minimum absolute atomic E-state index is 0.219. The highest BCUT2D eigenvalue weighted by Crippen LogP contribution is 2.45. The van der Waals surface area contributed by atoms with E-state index in [0.29, 0.717) is 17.4 Å². The molecule has 0 unspecified atom stereocenters. The number of para-hydroxylation sites is 1. The monoisotopic (exact) mass is 379 g/mol. The van der Waals surface area contributed by atoms with Crippen molar-refractivity contribution < 1.29 is 5.11 Å². The van der Waals surface area contributed by atoms with Gasteiger partial charge in [-0.15, -0.1) is 0 Å². The molecule has 2 aliphatic heterocycles. The zero-order chi connectivity index (χ0) is 19.0. The number of nitrogens with zero attached hydrogens (tertiary/aromatic N) is 2. The predicted octanol–water partition coefficient (Wildman–Crippen LogP) is 3.38. The van der Waals surface area contributed by atoms with Crippen molar-refractivity contribution >= 4 is 10.9 Å². The molecule has 0 bridgehead atoms. The largest absolute Gasteiger partial charge is 0.391 e. The summed E-state index contributed by atoms with van der Waals surface area (Å²) >= 11 is 0. The van der Waals surface area contributed by atoms with Crippen LogP contribution in [0.3, 0.4) is 0 Å². The third-order valence-electron chi connectivity index (χ3n) is 7.76. The maximum Gasteiger partial charge on any atom is 0.0711 e. The number of aliphatic hydroxyl groups is 1. The van der Waals surface area contributed by atoms with Crippen molar-refractivity contribution in [3.05, 3.63) is 42.1 Å². The molecule has 4 heteroatoms. The molecule has 1 aromatic heterocycles. The van der Waals surface area contributed by atoms with Gasteiger partial charge in [-0.2, -0.15) is 0 Å². The molecule has 4 nitrogen and oxygen atoms in total. The van der Waals surface area contributed by atoms with Crippen LogP contribution in [0.25, 0.3) is 10.9 Å². The van der Waals surface area contributed by atoms with E-state index < -0.39 is 0 Å². The first kappa shape index (κ1) is 18.5. The number of aromatic nitrogens is 1. The molecule has 2 aromatic rings. The van der Waals surface area contributed by atoms with Crippen LogP contribution in [0.5, 0.6) is 0 Å². The molecule has 1 spiro atoms. The Morgan fingerprint density at radius 3 is 2.61 bits per heavy atom. The van der Waals surface area contributed by atoms with Gasteiger partial charge in [0.2, 0.25) is 0 Å². The van der Waals surface area contributed by atoms with Gasteiger partial charge in [-0.25, -0.2) is 0 Å². The second-order valence-electron chi connectivity index (χ2n) is 9.46. The second kappa shape index (κ2) is 7.74. The number of aliphatic hydroxyl groups excluding tert-OH is 1. The average Bonchev–Trinajstić information content (AvgIpc) is 3.09. The minimum atomic E-state index is -0.219. The average molecular weight is 380 g/mol. The number of β-amino-alcohol motifs (C(OH)–C–C–N with tert-alkyl or cyclic N) is 1. The number of benzene rings is 1. The molecular formula is C24H33N3O. The van der Waals surface area contributed by atoms with Crippen LogP contribution >= 0.6 is 0 Å². The maximum absolute atomic E-state index is 10.7. The molecule has 2 saturated heterocycles. The van der Waals surface area contributed by atoms with Gasteiger partial charge < -0.3 is 10.4 Å². The molecule has 150 valence electrons. The fraction of sp³-hybridized carbons (Fsp3) is 0.625. The maximum atomic E-state index is 10.7. The van der Waals surface area contributed by atoms with Crippen molar-refractivity contribution in [1.82, 2.24) is 15.2 Å². The van der Waals surface area contributed by atoms with Crippen LogP contribution in [0.2, 0.25) is 0 Å². The number of rotatable bonds is 3. The lowest BCUT2D eigenvalue weighted by molar-refractivity contribution is 0.0688. The van der Waals surface area contributed by atoms with Gasteiger partial charge in [-0.1, -0.05) is 24.3 Å². The summed E-state index contributed by atoms with van der Waals surface area (Å²) in [6, 6.07) is 13.3. The van der Waals surface area contributed by atoms with Crippen molar-refractivity contribution in [3.8, 4) is 0 Å². The molecular weight excluding hydrogens is 346 g/mol. The lowest BCUT2D eigenvalue weighted by Gasteiger charge is -2.45. The number of fused-ring (bicyclic) bond motifs is 1. The normalized spacial score (nSPS) is 28.9. The zero-order valence-electron chi connectivity index (χ0n) is 16.8. The Kier molecular flexibility index (Phi) is 5.12. The van der Waals surface area contributed by atoms with Crippen LogP contribution < -0.4 is 5.32 Å². The lowest BCUT2D eigenvalue weighted by Crippen LogP contribution is -2.44. The SMILES string of the molecule is O[C@@H]1CN(C2CCC3(CCNCC3)CC2)C[C@H]1Cc1ccc2ccccc2n1. The highest BCUT2D eigenvalue weighted by molar-refractivity contribution is 5.78. The highest BCUT2D eigenvalue weighted by Gasteiger charge is 2.41. The Morgan fingerprint density at radius 2 is 1.79 bits per heavy atom. The van der Waals surface area contributed by atoms with E-state index in [1.54, 1.807) is 0 Å². The first-order valence-corrected chi connectivity index (χ1v) is 11.2. The Hall–Kier alpha value is -1.49. The molecule has 3 aliphatic rings. The summed E-state index contributed by atoms with van der Waals surface area (Å²) in [6.45, 7) is 4.27. The molecule has 28 heavy (non-hydrogen) atoms. The van der Waals surface area contributed by atoms with E-state index in [-0.39, 0.29) is 6.10 Å². The van der Waals surface area contributed by atoms with E-state index in [1.807, 2.05) is 6.07 Å². The van der Waals surface area contributed by atoms with E-state index in [9.17, 15) is 5.11 Å². The summed E-state index contributed by atoms with van der Waals surface area (Å²) in [5.41, 5.74) is 2.79. The first-order valence-electron chi connectivity index (χ1n) is 11.2. The third kappa shape index (κ3) is 3.70. The van der Waals surface area contributed by atoms with Crippen molar-refractivity contribution in [2.45, 2.75) is 57.1 Å². The molecule has 0 radical (unpaired) electrons. The smallest absolute Gasteiger partial charge is 0.0711 e. The van der Waals surface area contributed by atoms with E-state index in [1.165, 1.54) is 57.0 Å². The van der Waals surface area contributed by atoms with Gasteiger partial charge in [0.1, 0.15) is 0 Å². The molecule has 2 N–H and O–H groups in total. The molecule has 0 amide bonds. The number of nitrogens with one attached hydrogen (secondary N) is 1. The number of hydrogen-bond acceptors (Lipinski definition) is 4. The Morgan fingerprint density at radius 1 is 1.00 bits per heavy atom. The van der Waals surface area contributed by atoms with Crippen LogP contribution in [0.15, 0.2) is 36.4 Å². The van der Waals surface area contributed by atoms with E-state index in [2.05, 4.69) is 40.5 Å². The molecule has 2 atom stereocenters. The second-order valence-corrected chi connectivity index (χ2v) is 9.46. The number of piperidine rings is 1. The van der Waals surface area contributed by atoms with Gasteiger partial charge in [-0.05, 0) is 75.6 Å². The minimum Gasteiger partial charge on any atom is -0.391 e. The van der Waals surface area contributed by atoms with Gasteiger partial charge in [0, 0.05) is 36.1 Å². The lowest BCUT2D eigenvalue weighted by atomic mass is 9.67. The van der Waals surface area contributed by atoms with Crippen molar-refractivity contribution in [3.63, 3.8) is 0 Å². The summed E-state index contributed by atoms with van der Waals surface area (Å²) < 4.78 is 0. The summed E-state index contributed by atoms with van der Waals surface area (Å²) in [6.07, 6.45) is 8.76. The molecule has 1 aliphatic carbocycles. The number of hydrogen-bond donors (Lipinski definition) is 2. The van der Waals surface area contributed by atoms with Gasteiger partial charge in [0.25, 0.3) is 0 Å².